The van der Waals surface area contributed by atoms with Crippen LogP contribution in [0.25, 0.3) is 0 Å². The van der Waals surface area contributed by atoms with Crippen molar-refractivity contribution < 1.29 is 14.3 Å². The number of ether oxygens (including phenoxy) is 2. The van der Waals surface area contributed by atoms with Gasteiger partial charge in [0.2, 0.25) is 0 Å². The van der Waals surface area contributed by atoms with Crippen molar-refractivity contribution in [2.24, 2.45) is 5.10 Å². The molecule has 0 N–H and O–H groups in total. The van der Waals surface area contributed by atoms with E-state index in [1.807, 2.05) is 80.6 Å². The van der Waals surface area contributed by atoms with Crippen molar-refractivity contribution in [3.05, 3.63) is 95.6 Å². The van der Waals surface area contributed by atoms with Crippen molar-refractivity contribution in [2.45, 2.75) is 26.6 Å². The van der Waals surface area contributed by atoms with Gasteiger partial charge in [0.05, 0.1) is 26.0 Å². The normalized spacial score (nSPS) is 16.5. The van der Waals surface area contributed by atoms with Gasteiger partial charge in [-0.05, 0) is 66.9 Å². The van der Waals surface area contributed by atoms with Crippen LogP contribution in [0.3, 0.4) is 0 Å². The molecule has 1 aliphatic heterocycles. The first-order valence-electron chi connectivity index (χ1n) is 11.3. The van der Waals surface area contributed by atoms with Crippen molar-refractivity contribution in [3.8, 4) is 11.5 Å². The Bertz CT molecular complexity index is 1070. The van der Waals surface area contributed by atoms with E-state index in [1.165, 1.54) is 0 Å². The van der Waals surface area contributed by atoms with Crippen molar-refractivity contribution in [1.82, 2.24) is 9.91 Å². The van der Waals surface area contributed by atoms with Crippen LogP contribution in [0.4, 0.5) is 0 Å². The molecule has 3 aromatic carbocycles. The Morgan fingerprint density at radius 2 is 1.48 bits per heavy atom. The Balaban J connectivity index is 1.60. The van der Waals surface area contributed by atoms with Gasteiger partial charge in [-0.2, -0.15) is 5.10 Å². The van der Waals surface area contributed by atoms with Crippen LogP contribution in [0.2, 0.25) is 0 Å². The van der Waals surface area contributed by atoms with Crippen LogP contribution in [0.1, 0.15) is 36.7 Å². The summed E-state index contributed by atoms with van der Waals surface area (Å²) in [5.41, 5.74) is 3.04. The molecule has 0 aliphatic carbocycles. The van der Waals surface area contributed by atoms with Gasteiger partial charge in [-0.3, -0.25) is 9.69 Å². The maximum absolute atomic E-state index is 13.0. The molecule has 6 heteroatoms. The van der Waals surface area contributed by atoms with Crippen LogP contribution >= 0.6 is 0 Å². The molecule has 1 saturated heterocycles. The number of carbonyl (C=O) groups is 1. The second-order valence-electron chi connectivity index (χ2n) is 7.75. The molecule has 4 rings (SSSR count). The molecule has 1 heterocycles. The summed E-state index contributed by atoms with van der Waals surface area (Å²) in [7, 11) is 0. The zero-order valence-electron chi connectivity index (χ0n) is 19.1. The molecule has 6 nitrogen and oxygen atoms in total. The largest absolute Gasteiger partial charge is 0.494 e. The second-order valence-corrected chi connectivity index (χ2v) is 7.75. The number of amides is 1. The highest BCUT2D eigenvalue weighted by molar-refractivity contribution is 5.84. The third-order valence-corrected chi connectivity index (χ3v) is 5.41. The molecular formula is C27H29N3O3. The zero-order valence-corrected chi connectivity index (χ0v) is 19.1. The molecule has 1 amide bonds. The quantitative estimate of drug-likeness (QED) is 0.443. The molecule has 0 radical (unpaired) electrons. The van der Waals surface area contributed by atoms with Crippen LogP contribution < -0.4 is 9.47 Å². The number of benzene rings is 3. The molecule has 0 aromatic heterocycles. The Kier molecular flexibility index (Phi) is 7.37. The highest BCUT2D eigenvalue weighted by Crippen LogP contribution is 2.33. The topological polar surface area (TPSA) is 54.4 Å². The third kappa shape index (κ3) is 5.59. The van der Waals surface area contributed by atoms with Gasteiger partial charge in [-0.25, -0.2) is 5.01 Å². The number of hydrazone groups is 1. The minimum absolute atomic E-state index is 0.0352. The summed E-state index contributed by atoms with van der Waals surface area (Å²) < 4.78 is 11.1. The predicted octanol–water partition coefficient (Wildman–Crippen LogP) is 4.86. The van der Waals surface area contributed by atoms with Gasteiger partial charge in [0.1, 0.15) is 17.7 Å². The first-order valence-corrected chi connectivity index (χ1v) is 11.3. The van der Waals surface area contributed by atoms with Crippen LogP contribution in [-0.2, 0) is 11.3 Å². The van der Waals surface area contributed by atoms with Gasteiger partial charge in [0.25, 0.3) is 5.91 Å². The highest BCUT2D eigenvalue weighted by Gasteiger charge is 2.39. The van der Waals surface area contributed by atoms with Crippen molar-refractivity contribution in [2.75, 3.05) is 19.8 Å². The van der Waals surface area contributed by atoms with Crippen molar-refractivity contribution >= 4 is 12.1 Å². The van der Waals surface area contributed by atoms with E-state index in [0.29, 0.717) is 26.3 Å². The smallest absolute Gasteiger partial charge is 0.258 e. The van der Waals surface area contributed by atoms with E-state index in [1.54, 1.807) is 11.2 Å². The first-order chi connectivity index (χ1) is 16.2. The zero-order chi connectivity index (χ0) is 23.0. The minimum Gasteiger partial charge on any atom is -0.494 e. The van der Waals surface area contributed by atoms with Gasteiger partial charge in [0.15, 0.2) is 0 Å². The lowest BCUT2D eigenvalue weighted by molar-refractivity contribution is -0.128. The summed E-state index contributed by atoms with van der Waals surface area (Å²) in [4.78, 5) is 15.2. The van der Waals surface area contributed by atoms with Crippen LogP contribution in [0, 0.1) is 0 Å². The van der Waals surface area contributed by atoms with Crippen LogP contribution in [-0.4, -0.2) is 41.8 Å². The average molecular weight is 444 g/mol. The predicted molar refractivity (Wildman–Crippen MR) is 129 cm³/mol. The number of carbonyl (C=O) groups excluding carboxylic acids is 1. The number of hydrogen-bond donors (Lipinski definition) is 0. The third-order valence-electron chi connectivity index (χ3n) is 5.41. The molecule has 1 fully saturated rings. The molecule has 3 aromatic rings. The van der Waals surface area contributed by atoms with E-state index >= 15 is 0 Å². The van der Waals surface area contributed by atoms with Crippen molar-refractivity contribution in [3.63, 3.8) is 0 Å². The molecule has 1 atom stereocenters. The lowest BCUT2D eigenvalue weighted by Crippen LogP contribution is -2.28. The molecule has 0 unspecified atom stereocenters. The number of rotatable bonds is 9. The summed E-state index contributed by atoms with van der Waals surface area (Å²) in [5, 5.41) is 6.18. The molecule has 33 heavy (non-hydrogen) atoms. The Morgan fingerprint density at radius 1 is 0.879 bits per heavy atom. The lowest BCUT2D eigenvalue weighted by Gasteiger charge is -2.27. The van der Waals surface area contributed by atoms with E-state index in [9.17, 15) is 4.79 Å². The average Bonchev–Trinajstić information content (AvgIpc) is 3.14. The fraction of sp³-hybridized carbons (Fsp3) is 0.259. The van der Waals surface area contributed by atoms with E-state index in [4.69, 9.17) is 9.47 Å². The second kappa shape index (κ2) is 10.8. The van der Waals surface area contributed by atoms with Crippen molar-refractivity contribution in [1.29, 1.82) is 0 Å². The van der Waals surface area contributed by atoms with Gasteiger partial charge in [0, 0.05) is 6.54 Å². The van der Waals surface area contributed by atoms with E-state index < -0.39 is 0 Å². The fourth-order valence-corrected chi connectivity index (χ4v) is 3.91. The molecule has 0 bridgehead atoms. The fourth-order valence-electron chi connectivity index (χ4n) is 3.91. The number of hydrogen-bond acceptors (Lipinski definition) is 5. The molecule has 0 spiro atoms. The minimum atomic E-state index is -0.299. The van der Waals surface area contributed by atoms with E-state index in [0.717, 1.165) is 28.2 Å². The van der Waals surface area contributed by atoms with E-state index in [-0.39, 0.29) is 12.1 Å². The van der Waals surface area contributed by atoms with Crippen LogP contribution in [0.5, 0.6) is 11.5 Å². The first kappa shape index (κ1) is 22.6. The lowest BCUT2D eigenvalue weighted by atomic mass is 10.1. The summed E-state index contributed by atoms with van der Waals surface area (Å²) in [6.45, 7) is 6.10. The van der Waals surface area contributed by atoms with Crippen LogP contribution in [0.15, 0.2) is 84.0 Å². The van der Waals surface area contributed by atoms with E-state index in [2.05, 4.69) is 22.1 Å². The summed E-state index contributed by atoms with van der Waals surface area (Å²) in [6.07, 6.45) is 1.42. The monoisotopic (exact) mass is 443 g/mol. The highest BCUT2D eigenvalue weighted by atomic mass is 16.5. The molecular weight excluding hydrogens is 414 g/mol. The standard InChI is InChI=1S/C27H29N3O3/c1-3-32-24-14-10-21(11-15-24)18-28-30-26(31)20-29(19-22-8-6-5-7-9-22)27(30)23-12-16-25(17-13-23)33-4-2/h5-18,27H,3-4,19-20H2,1-2H3/b28-18-/t27-/m0/s1. The summed E-state index contributed by atoms with van der Waals surface area (Å²) >= 11 is 0. The van der Waals surface area contributed by atoms with Gasteiger partial charge in [-0.1, -0.05) is 42.5 Å². The summed E-state index contributed by atoms with van der Waals surface area (Å²) in [5.74, 6) is 1.59. The van der Waals surface area contributed by atoms with Gasteiger partial charge < -0.3 is 9.47 Å². The Morgan fingerprint density at radius 3 is 2.09 bits per heavy atom. The van der Waals surface area contributed by atoms with Gasteiger partial charge >= 0.3 is 0 Å². The SMILES string of the molecule is CCOc1ccc(/C=N\N2C(=O)CN(Cc3ccccc3)[C@@H]2c2ccc(OCC)cc2)cc1. The molecule has 1 aliphatic rings. The maximum atomic E-state index is 13.0. The molecule has 170 valence electrons. The summed E-state index contributed by atoms with van der Waals surface area (Å²) in [6, 6.07) is 25.7. The number of nitrogens with zero attached hydrogens (tertiary/aromatic N) is 3. The Labute approximate surface area is 195 Å². The maximum Gasteiger partial charge on any atom is 0.258 e. The Hall–Kier alpha value is -3.64. The van der Waals surface area contributed by atoms with Gasteiger partial charge in [-0.15, -0.1) is 0 Å². The molecule has 0 saturated carbocycles.